The fourth-order valence-corrected chi connectivity index (χ4v) is 3.24. The van der Waals surface area contributed by atoms with Gasteiger partial charge in [0.15, 0.2) is 5.82 Å². The highest BCUT2D eigenvalue weighted by Crippen LogP contribution is 3.02. The lowest BCUT2D eigenvalue weighted by molar-refractivity contribution is 0.102. The van der Waals surface area contributed by atoms with Gasteiger partial charge in [-0.15, -0.1) is 0 Å². The van der Waals surface area contributed by atoms with E-state index in [-0.39, 0.29) is 35.0 Å². The first-order chi connectivity index (χ1) is 14.2. The first kappa shape index (κ1) is 22.2. The number of nitrogens with zero attached hydrogens (tertiary/aromatic N) is 2. The molecular weight excluding hydrogens is 441 g/mol. The van der Waals surface area contributed by atoms with Gasteiger partial charge in [0.25, 0.3) is 5.91 Å². The third-order valence-electron chi connectivity index (χ3n) is 4.20. The van der Waals surface area contributed by atoms with Crippen molar-refractivity contribution in [1.82, 2.24) is 9.55 Å². The first-order valence-corrected chi connectivity index (χ1v) is 10.6. The van der Waals surface area contributed by atoms with Gasteiger partial charge in [-0.05, 0) is 48.0 Å². The van der Waals surface area contributed by atoms with Gasteiger partial charge in [-0.25, -0.2) is 4.98 Å². The second kappa shape index (κ2) is 7.05. The van der Waals surface area contributed by atoms with Gasteiger partial charge in [-0.2, -0.15) is 0 Å². The Balaban J connectivity index is 1.66. The molecule has 1 heterocycles. The maximum Gasteiger partial charge on any atom is 0.310 e. The van der Waals surface area contributed by atoms with Gasteiger partial charge in [0.2, 0.25) is 5.78 Å². The number of benzene rings is 2. The summed E-state index contributed by atoms with van der Waals surface area (Å²) < 4.78 is 65.3. The molecule has 11 heteroatoms. The highest BCUT2D eigenvalue weighted by atomic mass is 32.5. The number of imidazole rings is 1. The van der Waals surface area contributed by atoms with E-state index in [2.05, 4.69) is 10.3 Å². The zero-order chi connectivity index (χ0) is 22.9. The summed E-state index contributed by atoms with van der Waals surface area (Å²) in [6.45, 7) is 0. The average Bonchev–Trinajstić information content (AvgIpc) is 3.11. The lowest BCUT2D eigenvalue weighted by Gasteiger charge is -2.40. The van der Waals surface area contributed by atoms with E-state index < -0.39 is 21.0 Å². The molecule has 0 fully saturated rings. The second-order valence-electron chi connectivity index (χ2n) is 6.63. The number of carbonyl (C=O) groups excluding carboxylic acids is 2. The Morgan fingerprint density at radius 2 is 1.58 bits per heavy atom. The minimum Gasteiger partial charge on any atom is -0.331 e. The Morgan fingerprint density at radius 1 is 0.968 bits per heavy atom. The van der Waals surface area contributed by atoms with Crippen molar-refractivity contribution in [3.05, 3.63) is 84.0 Å². The average molecular weight is 457 g/mol. The minimum atomic E-state index is -9.76. The van der Waals surface area contributed by atoms with E-state index in [0.29, 0.717) is 5.56 Å². The minimum absolute atomic E-state index is 0.0692. The Morgan fingerprint density at radius 3 is 2.10 bits per heavy atom. The van der Waals surface area contributed by atoms with Crippen molar-refractivity contribution < 1.29 is 29.0 Å². The summed E-state index contributed by atoms with van der Waals surface area (Å²) in [7, 11) is -8.07. The lowest BCUT2D eigenvalue weighted by atomic mass is 10.1. The molecule has 1 N–H and O–H groups in total. The van der Waals surface area contributed by atoms with Crippen molar-refractivity contribution in [2.45, 2.75) is 4.90 Å². The molecule has 0 aliphatic carbocycles. The summed E-state index contributed by atoms with van der Waals surface area (Å²) in [6.07, 6.45) is 6.01. The highest BCUT2D eigenvalue weighted by molar-refractivity contribution is 8.45. The molecule has 0 saturated heterocycles. The summed E-state index contributed by atoms with van der Waals surface area (Å²) in [5, 5.41) is 2.34. The van der Waals surface area contributed by atoms with Crippen LogP contribution in [0.5, 0.6) is 0 Å². The zero-order valence-electron chi connectivity index (χ0n) is 15.9. The number of amides is 1. The summed E-state index contributed by atoms with van der Waals surface area (Å²) in [4.78, 5) is 26.2. The molecule has 0 radical (unpaired) electrons. The van der Waals surface area contributed by atoms with Crippen LogP contribution in [0.15, 0.2) is 71.9 Å². The van der Waals surface area contributed by atoms with Crippen molar-refractivity contribution in [2.75, 3.05) is 5.32 Å². The second-order valence-corrected chi connectivity index (χ2v) is 9.04. The fraction of sp³-hybridized carbons (Fsp3) is 0.0500. The number of hydrogen-bond acceptors (Lipinski definition) is 3. The Kier molecular flexibility index (Phi) is 5.05. The molecule has 0 saturated carbocycles. The molecule has 5 nitrogen and oxygen atoms in total. The van der Waals surface area contributed by atoms with Crippen LogP contribution in [0, 0.1) is 0 Å². The quantitative estimate of drug-likeness (QED) is 0.271. The van der Waals surface area contributed by atoms with Crippen LogP contribution in [0.1, 0.15) is 26.5 Å². The number of nitrogens with one attached hydrogen (secondary N) is 1. The van der Waals surface area contributed by atoms with E-state index in [1.54, 1.807) is 29.9 Å². The molecule has 0 unspecified atom stereocenters. The van der Waals surface area contributed by atoms with Gasteiger partial charge in [-0.3, -0.25) is 9.59 Å². The molecule has 0 spiro atoms. The molecule has 3 aromatic rings. The van der Waals surface area contributed by atoms with Crippen LogP contribution < -0.4 is 5.32 Å². The third-order valence-corrected chi connectivity index (χ3v) is 5.36. The van der Waals surface area contributed by atoms with Gasteiger partial charge in [0.1, 0.15) is 4.90 Å². The van der Waals surface area contributed by atoms with Crippen molar-refractivity contribution in [3.8, 4) is 0 Å². The predicted octanol–water partition coefficient (Wildman–Crippen LogP) is 6.23. The number of aromatic nitrogens is 2. The van der Waals surface area contributed by atoms with E-state index in [1.165, 1.54) is 30.5 Å². The zero-order valence-corrected chi connectivity index (χ0v) is 16.8. The van der Waals surface area contributed by atoms with Crippen molar-refractivity contribution in [2.24, 2.45) is 7.05 Å². The Bertz CT molecular complexity index is 1170. The largest absolute Gasteiger partial charge is 0.331 e. The molecule has 1 amide bonds. The molecule has 0 bridgehead atoms. The van der Waals surface area contributed by atoms with Crippen LogP contribution in [-0.2, 0) is 7.05 Å². The highest BCUT2D eigenvalue weighted by Gasteiger charge is 2.65. The van der Waals surface area contributed by atoms with Crippen LogP contribution >= 0.6 is 10.2 Å². The Hall–Kier alpha value is -3.47. The van der Waals surface area contributed by atoms with Crippen molar-refractivity contribution >= 4 is 33.7 Å². The van der Waals surface area contributed by atoms with Crippen LogP contribution in [0.4, 0.5) is 25.1 Å². The molecule has 164 valence electrons. The number of ketones is 1. The number of halogens is 5. The lowest BCUT2D eigenvalue weighted by Crippen LogP contribution is -2.12. The van der Waals surface area contributed by atoms with Gasteiger partial charge < -0.3 is 9.88 Å². The first-order valence-electron chi connectivity index (χ1n) is 8.68. The maximum absolute atomic E-state index is 12.7. The third kappa shape index (κ3) is 5.57. The van der Waals surface area contributed by atoms with E-state index >= 15 is 0 Å². The van der Waals surface area contributed by atoms with E-state index in [4.69, 9.17) is 0 Å². The molecule has 0 atom stereocenters. The number of aryl methyl sites for hydroxylation is 1. The standard InChI is InChI=1S/C20H16F5N3O2S/c1-28-13-12-26-19(28)18(29)11-4-14-2-5-15(6-3-14)20(30)27-16-7-9-17(10-8-16)31(21,22,23,24)25/h2-13H,1H3,(H,27,30)/b11-4+. The molecular formula is C20H16F5N3O2S. The van der Waals surface area contributed by atoms with Crippen molar-refractivity contribution in [1.29, 1.82) is 0 Å². The van der Waals surface area contributed by atoms with Gasteiger partial charge in [0.05, 0.1) is 0 Å². The SMILES string of the molecule is Cn1ccnc1C(=O)/C=C/c1ccc(C(=O)Nc2ccc(S(F)(F)(F)(F)F)cc2)cc1. The number of allylic oxidation sites excluding steroid dienone is 1. The van der Waals surface area contributed by atoms with Gasteiger partial charge in [-0.1, -0.05) is 37.6 Å². The molecule has 2 aromatic carbocycles. The number of anilines is 1. The summed E-state index contributed by atoms with van der Waals surface area (Å²) in [5.41, 5.74) is 0.740. The topological polar surface area (TPSA) is 64.0 Å². The maximum atomic E-state index is 12.7. The molecule has 31 heavy (non-hydrogen) atoms. The molecule has 3 rings (SSSR count). The smallest absolute Gasteiger partial charge is 0.310 e. The Labute approximate surface area is 173 Å². The molecule has 1 aromatic heterocycles. The summed E-state index contributed by atoms with van der Waals surface area (Å²) >= 11 is 0. The predicted molar refractivity (Wildman–Crippen MR) is 109 cm³/mol. The van der Waals surface area contributed by atoms with Crippen LogP contribution in [0.3, 0.4) is 0 Å². The number of carbonyl (C=O) groups is 2. The monoisotopic (exact) mass is 457 g/mol. The van der Waals surface area contributed by atoms with Gasteiger partial charge in [0, 0.05) is 30.7 Å². The van der Waals surface area contributed by atoms with E-state index in [0.717, 1.165) is 12.1 Å². The normalized spacial score (nSPS) is 14.1. The molecule has 0 aliphatic heterocycles. The summed E-state index contributed by atoms with van der Waals surface area (Å²) in [6, 6.07) is 7.99. The number of hydrogen-bond donors (Lipinski definition) is 1. The van der Waals surface area contributed by atoms with Crippen LogP contribution in [0.2, 0.25) is 0 Å². The van der Waals surface area contributed by atoms with Crippen LogP contribution in [-0.4, -0.2) is 21.2 Å². The van der Waals surface area contributed by atoms with E-state index in [1.807, 2.05) is 0 Å². The summed E-state index contributed by atoms with van der Waals surface area (Å²) in [5.74, 6) is -0.674. The van der Waals surface area contributed by atoms with Crippen LogP contribution in [0.25, 0.3) is 6.08 Å². The van der Waals surface area contributed by atoms with E-state index in [9.17, 15) is 29.0 Å². The van der Waals surface area contributed by atoms with Gasteiger partial charge >= 0.3 is 10.2 Å². The van der Waals surface area contributed by atoms with Crippen molar-refractivity contribution in [3.63, 3.8) is 0 Å². The molecule has 0 aliphatic rings. The fourth-order valence-electron chi connectivity index (χ4n) is 2.59. The number of rotatable bonds is 6.